The fraction of sp³-hybridized carbons (Fsp3) is 0.600. The molecule has 90 valence electrons. The second-order valence-corrected chi connectivity index (χ2v) is 4.02. The van der Waals surface area contributed by atoms with E-state index in [1.165, 1.54) is 12.8 Å². The Hall–Kier alpha value is -0.790. The number of halogens is 1. The molecule has 5 nitrogen and oxygen atoms in total. The van der Waals surface area contributed by atoms with E-state index in [1.54, 1.807) is 0 Å². The van der Waals surface area contributed by atoms with Crippen LogP contribution < -0.4 is 11.1 Å². The molecule has 1 aliphatic carbocycles. The van der Waals surface area contributed by atoms with Crippen LogP contribution in [0.25, 0.3) is 0 Å². The number of hydrogen-bond acceptors (Lipinski definition) is 2. The van der Waals surface area contributed by atoms with Gasteiger partial charge in [-0.05, 0) is 25.8 Å². The first-order chi connectivity index (χ1) is 7.15. The van der Waals surface area contributed by atoms with Gasteiger partial charge in [0.25, 0.3) is 0 Å². The van der Waals surface area contributed by atoms with Crippen LogP contribution in [0, 0.1) is 6.92 Å². The lowest BCUT2D eigenvalue weighted by Gasteiger charge is -2.02. The minimum absolute atomic E-state index is 0. The summed E-state index contributed by atoms with van der Waals surface area (Å²) in [5, 5.41) is 7.40. The second kappa shape index (κ2) is 5.51. The fourth-order valence-corrected chi connectivity index (χ4v) is 1.46. The maximum Gasteiger partial charge on any atom is 0.189 e. The van der Waals surface area contributed by atoms with Gasteiger partial charge in [0.15, 0.2) is 5.96 Å². The first kappa shape index (κ1) is 13.3. The van der Waals surface area contributed by atoms with Crippen molar-refractivity contribution in [1.82, 2.24) is 15.1 Å². The maximum atomic E-state index is 5.73. The molecule has 0 atom stereocenters. The lowest BCUT2D eigenvalue weighted by atomic mass is 10.4. The molecular weight excluding hydrogens is 317 g/mol. The minimum Gasteiger partial charge on any atom is -0.370 e. The number of hydrogen-bond donors (Lipinski definition) is 2. The zero-order chi connectivity index (χ0) is 10.8. The zero-order valence-electron chi connectivity index (χ0n) is 9.60. The average Bonchev–Trinajstić information content (AvgIpc) is 2.89. The predicted octanol–water partition coefficient (Wildman–Crippen LogP) is 0.913. The first-order valence-electron chi connectivity index (χ1n) is 5.21. The highest BCUT2D eigenvalue weighted by Crippen LogP contribution is 2.18. The van der Waals surface area contributed by atoms with Crippen molar-refractivity contribution in [3.05, 3.63) is 17.5 Å². The van der Waals surface area contributed by atoms with Crippen LogP contribution in [-0.4, -0.2) is 21.8 Å². The highest BCUT2D eigenvalue weighted by molar-refractivity contribution is 14.0. The van der Waals surface area contributed by atoms with Gasteiger partial charge in [-0.15, -0.1) is 24.0 Å². The number of aliphatic imine (C=N–C) groups is 1. The number of nitrogens with zero attached hydrogens (tertiary/aromatic N) is 3. The van der Waals surface area contributed by atoms with Gasteiger partial charge < -0.3 is 11.1 Å². The second-order valence-electron chi connectivity index (χ2n) is 4.02. The number of guanidine groups is 1. The summed E-state index contributed by atoms with van der Waals surface area (Å²) in [4.78, 5) is 4.27. The number of aromatic nitrogens is 2. The number of nitrogens with one attached hydrogen (secondary N) is 1. The summed E-state index contributed by atoms with van der Waals surface area (Å²) in [6.07, 6.45) is 2.42. The van der Waals surface area contributed by atoms with Crippen molar-refractivity contribution < 1.29 is 0 Å². The van der Waals surface area contributed by atoms with Gasteiger partial charge >= 0.3 is 0 Å². The summed E-state index contributed by atoms with van der Waals surface area (Å²) in [6.45, 7) is 2.56. The molecule has 0 unspecified atom stereocenters. The smallest absolute Gasteiger partial charge is 0.189 e. The Bertz CT molecular complexity index is 381. The van der Waals surface area contributed by atoms with Crippen molar-refractivity contribution in [2.45, 2.75) is 32.4 Å². The van der Waals surface area contributed by atoms with Crippen molar-refractivity contribution in [3.8, 4) is 0 Å². The lowest BCUT2D eigenvalue weighted by molar-refractivity contribution is 0.704. The third-order valence-corrected chi connectivity index (χ3v) is 2.44. The van der Waals surface area contributed by atoms with Crippen LogP contribution in [0.4, 0.5) is 0 Å². The molecule has 1 aromatic heterocycles. The number of aryl methyl sites for hydroxylation is 2. The Morgan fingerprint density at radius 2 is 2.38 bits per heavy atom. The lowest BCUT2D eigenvalue weighted by Crippen LogP contribution is -2.33. The van der Waals surface area contributed by atoms with E-state index in [9.17, 15) is 0 Å². The largest absolute Gasteiger partial charge is 0.370 e. The molecule has 1 aliphatic rings. The summed E-state index contributed by atoms with van der Waals surface area (Å²) >= 11 is 0. The van der Waals surface area contributed by atoms with E-state index in [-0.39, 0.29) is 24.0 Å². The monoisotopic (exact) mass is 335 g/mol. The van der Waals surface area contributed by atoms with E-state index >= 15 is 0 Å². The average molecular weight is 335 g/mol. The van der Waals surface area contributed by atoms with Crippen LogP contribution in [-0.2, 0) is 13.6 Å². The Kier molecular flexibility index (Phi) is 4.57. The third kappa shape index (κ3) is 3.66. The number of rotatable bonds is 3. The molecule has 0 spiro atoms. The molecule has 0 amide bonds. The van der Waals surface area contributed by atoms with Crippen LogP contribution in [0.1, 0.15) is 24.2 Å². The van der Waals surface area contributed by atoms with Gasteiger partial charge in [-0.2, -0.15) is 5.10 Å². The highest BCUT2D eigenvalue weighted by atomic mass is 127. The van der Waals surface area contributed by atoms with E-state index in [0.29, 0.717) is 18.5 Å². The molecule has 0 saturated heterocycles. The van der Waals surface area contributed by atoms with E-state index < -0.39 is 0 Å². The fourth-order valence-electron chi connectivity index (χ4n) is 1.46. The standard InChI is InChI=1S/C10H17N5.HI/c1-7-5-9(15(2)14-7)6-12-10(11)13-8-3-4-8;/h5,8H,3-4,6H2,1-2H3,(H3,11,12,13);1H. The molecule has 0 bridgehead atoms. The van der Waals surface area contributed by atoms with Crippen molar-refractivity contribution in [2.24, 2.45) is 17.8 Å². The minimum atomic E-state index is 0. The Labute approximate surface area is 113 Å². The zero-order valence-corrected chi connectivity index (χ0v) is 11.9. The summed E-state index contributed by atoms with van der Waals surface area (Å²) in [6, 6.07) is 2.58. The SMILES string of the molecule is Cc1cc(CN=C(N)NC2CC2)n(C)n1.I. The molecule has 1 saturated carbocycles. The van der Waals surface area contributed by atoms with Gasteiger partial charge in [0.05, 0.1) is 17.9 Å². The van der Waals surface area contributed by atoms with E-state index in [2.05, 4.69) is 15.4 Å². The molecule has 0 aromatic carbocycles. The first-order valence-corrected chi connectivity index (χ1v) is 5.21. The van der Waals surface area contributed by atoms with Crippen LogP contribution in [0.15, 0.2) is 11.1 Å². The molecule has 6 heteroatoms. The van der Waals surface area contributed by atoms with Crippen molar-refractivity contribution in [1.29, 1.82) is 0 Å². The summed E-state index contributed by atoms with van der Waals surface area (Å²) in [5.74, 6) is 0.538. The molecule has 2 rings (SSSR count). The Balaban J connectivity index is 0.00000128. The molecule has 1 fully saturated rings. The summed E-state index contributed by atoms with van der Waals surface area (Å²) in [7, 11) is 1.92. The summed E-state index contributed by atoms with van der Waals surface area (Å²) < 4.78 is 1.84. The van der Waals surface area contributed by atoms with Crippen LogP contribution in [0.5, 0.6) is 0 Å². The van der Waals surface area contributed by atoms with E-state index in [0.717, 1.165) is 11.4 Å². The topological polar surface area (TPSA) is 68.2 Å². The highest BCUT2D eigenvalue weighted by Gasteiger charge is 2.21. The van der Waals surface area contributed by atoms with Gasteiger partial charge in [0, 0.05) is 13.1 Å². The normalized spacial score (nSPS) is 15.8. The molecule has 1 heterocycles. The van der Waals surface area contributed by atoms with E-state index in [4.69, 9.17) is 5.73 Å². The van der Waals surface area contributed by atoms with Gasteiger partial charge in [-0.1, -0.05) is 0 Å². The molecule has 0 aliphatic heterocycles. The molecular formula is C10H18IN5. The third-order valence-electron chi connectivity index (χ3n) is 2.44. The van der Waals surface area contributed by atoms with Gasteiger partial charge in [0.1, 0.15) is 0 Å². The Morgan fingerprint density at radius 3 is 2.88 bits per heavy atom. The van der Waals surface area contributed by atoms with Crippen LogP contribution in [0.3, 0.4) is 0 Å². The van der Waals surface area contributed by atoms with Crippen molar-refractivity contribution in [2.75, 3.05) is 0 Å². The molecule has 3 N–H and O–H groups in total. The quantitative estimate of drug-likeness (QED) is 0.490. The van der Waals surface area contributed by atoms with Gasteiger partial charge in [-0.3, -0.25) is 4.68 Å². The van der Waals surface area contributed by atoms with Crippen LogP contribution in [0.2, 0.25) is 0 Å². The van der Waals surface area contributed by atoms with Crippen LogP contribution >= 0.6 is 24.0 Å². The van der Waals surface area contributed by atoms with Crippen molar-refractivity contribution in [3.63, 3.8) is 0 Å². The molecule has 1 aromatic rings. The van der Waals surface area contributed by atoms with Crippen molar-refractivity contribution >= 4 is 29.9 Å². The Morgan fingerprint density at radius 1 is 1.69 bits per heavy atom. The van der Waals surface area contributed by atoms with E-state index in [1.807, 2.05) is 24.7 Å². The molecule has 0 radical (unpaired) electrons. The predicted molar refractivity (Wildman–Crippen MR) is 74.8 cm³/mol. The van der Waals surface area contributed by atoms with Gasteiger partial charge in [0.2, 0.25) is 0 Å². The summed E-state index contributed by atoms with van der Waals surface area (Å²) in [5.41, 5.74) is 7.82. The molecule has 16 heavy (non-hydrogen) atoms. The van der Waals surface area contributed by atoms with Gasteiger partial charge in [-0.25, -0.2) is 4.99 Å². The number of nitrogens with two attached hydrogens (primary N) is 1. The maximum absolute atomic E-state index is 5.73.